The summed E-state index contributed by atoms with van der Waals surface area (Å²) in [7, 11) is 0. The highest BCUT2D eigenvalue weighted by atomic mass is 32.2. The van der Waals surface area contributed by atoms with E-state index in [4.69, 9.17) is 0 Å². The minimum Gasteiger partial charge on any atom is -0.342 e. The summed E-state index contributed by atoms with van der Waals surface area (Å²) in [6.45, 7) is 7.15. The van der Waals surface area contributed by atoms with Crippen LogP contribution in [0, 0.1) is 6.92 Å². The van der Waals surface area contributed by atoms with Gasteiger partial charge in [0, 0.05) is 50.2 Å². The summed E-state index contributed by atoms with van der Waals surface area (Å²) in [5.74, 6) is 0.692. The Morgan fingerprint density at radius 1 is 0.941 bits per heavy atom. The van der Waals surface area contributed by atoms with E-state index < -0.39 is 0 Å². The quantitative estimate of drug-likeness (QED) is 0.385. The molecule has 2 saturated heterocycles. The van der Waals surface area contributed by atoms with Crippen LogP contribution in [0.5, 0.6) is 0 Å². The Balaban J connectivity index is 1.19. The maximum Gasteiger partial charge on any atom is 0.236 e. The molecule has 0 atom stereocenters. The molecule has 2 amide bonds. The standard InChI is InChI=1S/C25H29N5O2S2/c1-18-4-6-19(7-5-18)20-15-33-24-23(20)25(27-17-26-24)34-16-22(32)30-12-10-28(11-13-30)14-21(31)29-8-2-3-9-29/h4-7,15,17H,2-3,8-14,16H2,1H3. The fourth-order valence-electron chi connectivity index (χ4n) is 4.54. The highest BCUT2D eigenvalue weighted by Gasteiger charge is 2.25. The van der Waals surface area contributed by atoms with Gasteiger partial charge in [-0.2, -0.15) is 0 Å². The first kappa shape index (κ1) is 23.3. The fourth-order valence-corrected chi connectivity index (χ4v) is 6.43. The molecule has 0 spiro atoms. The number of thioether (sulfide) groups is 1. The van der Waals surface area contributed by atoms with Gasteiger partial charge < -0.3 is 9.80 Å². The van der Waals surface area contributed by atoms with Crippen LogP contribution in [-0.4, -0.2) is 88.0 Å². The van der Waals surface area contributed by atoms with Gasteiger partial charge in [0.05, 0.1) is 17.7 Å². The number of aryl methyl sites for hydroxylation is 1. The number of hydrogen-bond donors (Lipinski definition) is 0. The number of rotatable bonds is 6. The van der Waals surface area contributed by atoms with Crippen molar-refractivity contribution in [3.8, 4) is 11.1 Å². The van der Waals surface area contributed by atoms with E-state index in [0.717, 1.165) is 65.4 Å². The van der Waals surface area contributed by atoms with Gasteiger partial charge in [-0.05, 0) is 25.3 Å². The van der Waals surface area contributed by atoms with Crippen LogP contribution in [0.25, 0.3) is 21.3 Å². The third kappa shape index (κ3) is 5.11. The molecule has 9 heteroatoms. The zero-order valence-electron chi connectivity index (χ0n) is 19.4. The fraction of sp³-hybridized carbons (Fsp3) is 0.440. The molecule has 0 aliphatic carbocycles. The number of carbonyl (C=O) groups is 2. The van der Waals surface area contributed by atoms with Crippen LogP contribution in [0.2, 0.25) is 0 Å². The molecule has 0 saturated carbocycles. The van der Waals surface area contributed by atoms with Crippen molar-refractivity contribution in [1.82, 2.24) is 24.7 Å². The van der Waals surface area contributed by atoms with E-state index >= 15 is 0 Å². The van der Waals surface area contributed by atoms with E-state index in [0.29, 0.717) is 25.4 Å². The minimum atomic E-state index is 0.120. The number of thiophene rings is 1. The third-order valence-electron chi connectivity index (χ3n) is 6.57. The molecule has 2 aromatic heterocycles. The zero-order chi connectivity index (χ0) is 23.5. The van der Waals surface area contributed by atoms with E-state index in [1.54, 1.807) is 17.7 Å². The van der Waals surface area contributed by atoms with E-state index in [1.807, 2.05) is 9.80 Å². The molecule has 2 fully saturated rings. The molecule has 3 aromatic rings. The molecule has 7 nitrogen and oxygen atoms in total. The van der Waals surface area contributed by atoms with Crippen molar-refractivity contribution in [3.63, 3.8) is 0 Å². The highest BCUT2D eigenvalue weighted by Crippen LogP contribution is 2.38. The Morgan fingerprint density at radius 3 is 2.38 bits per heavy atom. The van der Waals surface area contributed by atoms with Gasteiger partial charge in [0.2, 0.25) is 11.8 Å². The summed E-state index contributed by atoms with van der Waals surface area (Å²) < 4.78 is 0. The van der Waals surface area contributed by atoms with Gasteiger partial charge in [-0.25, -0.2) is 9.97 Å². The third-order valence-corrected chi connectivity index (χ3v) is 8.43. The molecule has 0 radical (unpaired) electrons. The van der Waals surface area contributed by atoms with Crippen LogP contribution in [0.15, 0.2) is 41.0 Å². The lowest BCUT2D eigenvalue weighted by atomic mass is 10.1. The van der Waals surface area contributed by atoms with E-state index in [9.17, 15) is 9.59 Å². The molecule has 2 aliphatic heterocycles. The molecular formula is C25H29N5O2S2. The topological polar surface area (TPSA) is 69.6 Å². The molecule has 2 aliphatic rings. The lowest BCUT2D eigenvalue weighted by Crippen LogP contribution is -2.51. The maximum absolute atomic E-state index is 12.9. The van der Waals surface area contributed by atoms with Crippen molar-refractivity contribution in [2.24, 2.45) is 0 Å². The minimum absolute atomic E-state index is 0.120. The number of carbonyl (C=O) groups excluding carboxylic acids is 2. The zero-order valence-corrected chi connectivity index (χ0v) is 21.0. The molecule has 4 heterocycles. The number of amides is 2. The second kappa shape index (κ2) is 10.4. The average molecular weight is 496 g/mol. The Kier molecular flexibility index (Phi) is 7.12. The number of fused-ring (bicyclic) bond motifs is 1. The van der Waals surface area contributed by atoms with Gasteiger partial charge in [0.1, 0.15) is 16.2 Å². The molecule has 178 valence electrons. The number of likely N-dealkylation sites (tertiary alicyclic amines) is 1. The predicted molar refractivity (Wildman–Crippen MR) is 137 cm³/mol. The molecule has 1 aromatic carbocycles. The largest absolute Gasteiger partial charge is 0.342 e. The molecule has 34 heavy (non-hydrogen) atoms. The van der Waals surface area contributed by atoms with Crippen LogP contribution < -0.4 is 0 Å². The summed E-state index contributed by atoms with van der Waals surface area (Å²) in [6, 6.07) is 8.46. The smallest absolute Gasteiger partial charge is 0.236 e. The van der Waals surface area contributed by atoms with Crippen LogP contribution >= 0.6 is 23.1 Å². The van der Waals surface area contributed by atoms with Crippen molar-refractivity contribution >= 4 is 45.1 Å². The molecular weight excluding hydrogens is 466 g/mol. The van der Waals surface area contributed by atoms with E-state index in [1.165, 1.54) is 17.3 Å². The average Bonchev–Trinajstić information content (AvgIpc) is 3.54. The van der Waals surface area contributed by atoms with E-state index in [-0.39, 0.29) is 11.8 Å². The first-order valence-electron chi connectivity index (χ1n) is 11.8. The molecule has 0 unspecified atom stereocenters. The van der Waals surface area contributed by atoms with Gasteiger partial charge in [-0.1, -0.05) is 41.6 Å². The lowest BCUT2D eigenvalue weighted by molar-refractivity contribution is -0.133. The second-order valence-corrected chi connectivity index (χ2v) is 10.7. The summed E-state index contributed by atoms with van der Waals surface area (Å²) >= 11 is 3.09. The summed E-state index contributed by atoms with van der Waals surface area (Å²) in [5.41, 5.74) is 3.48. The SMILES string of the molecule is Cc1ccc(-c2csc3ncnc(SCC(=O)N4CCN(CC(=O)N5CCCC5)CC4)c23)cc1. The van der Waals surface area contributed by atoms with Crippen molar-refractivity contribution in [2.45, 2.75) is 24.8 Å². The van der Waals surface area contributed by atoms with Crippen molar-refractivity contribution in [1.29, 1.82) is 0 Å². The number of piperazine rings is 1. The summed E-state index contributed by atoms with van der Waals surface area (Å²) in [4.78, 5) is 41.3. The number of benzene rings is 1. The van der Waals surface area contributed by atoms with Crippen molar-refractivity contribution in [2.75, 3.05) is 51.6 Å². The monoisotopic (exact) mass is 495 g/mol. The Morgan fingerprint density at radius 2 is 1.65 bits per heavy atom. The Hall–Kier alpha value is -2.49. The summed E-state index contributed by atoms with van der Waals surface area (Å²) in [6.07, 6.45) is 3.81. The van der Waals surface area contributed by atoms with Crippen molar-refractivity contribution < 1.29 is 9.59 Å². The summed E-state index contributed by atoms with van der Waals surface area (Å²) in [5, 5.41) is 4.00. The predicted octanol–water partition coefficient (Wildman–Crippen LogP) is 3.53. The van der Waals surface area contributed by atoms with Crippen LogP contribution in [0.4, 0.5) is 0 Å². The van der Waals surface area contributed by atoms with Gasteiger partial charge >= 0.3 is 0 Å². The van der Waals surface area contributed by atoms with E-state index in [2.05, 4.69) is 51.4 Å². The molecule has 0 N–H and O–H groups in total. The number of aromatic nitrogens is 2. The van der Waals surface area contributed by atoms with Crippen LogP contribution in [-0.2, 0) is 9.59 Å². The Bertz CT molecular complexity index is 1170. The molecule has 0 bridgehead atoms. The van der Waals surface area contributed by atoms with Gasteiger partial charge in [0.25, 0.3) is 0 Å². The Labute approximate surface area is 208 Å². The van der Waals surface area contributed by atoms with Crippen molar-refractivity contribution in [3.05, 3.63) is 41.5 Å². The van der Waals surface area contributed by atoms with Gasteiger partial charge in [-0.3, -0.25) is 14.5 Å². The van der Waals surface area contributed by atoms with Gasteiger partial charge in [0.15, 0.2) is 0 Å². The van der Waals surface area contributed by atoms with Crippen LogP contribution in [0.1, 0.15) is 18.4 Å². The van der Waals surface area contributed by atoms with Crippen LogP contribution in [0.3, 0.4) is 0 Å². The first-order chi connectivity index (χ1) is 16.6. The molecule has 5 rings (SSSR count). The van der Waals surface area contributed by atoms with Gasteiger partial charge in [-0.15, -0.1) is 11.3 Å². The lowest BCUT2D eigenvalue weighted by Gasteiger charge is -2.35. The number of nitrogens with zero attached hydrogens (tertiary/aromatic N) is 5. The first-order valence-corrected chi connectivity index (χ1v) is 13.6. The normalized spacial score (nSPS) is 17.0. The maximum atomic E-state index is 12.9. The highest BCUT2D eigenvalue weighted by molar-refractivity contribution is 8.00. The number of hydrogen-bond acceptors (Lipinski definition) is 7. The second-order valence-electron chi connectivity index (χ2n) is 8.91.